The molecule has 0 amide bonds. The van der Waals surface area contributed by atoms with Crippen LogP contribution in [0, 0.1) is 0 Å². The summed E-state index contributed by atoms with van der Waals surface area (Å²) >= 11 is 0. The summed E-state index contributed by atoms with van der Waals surface area (Å²) < 4.78 is 24.9. The van der Waals surface area contributed by atoms with Crippen LogP contribution in [0.25, 0.3) is 0 Å². The van der Waals surface area contributed by atoms with Crippen LogP contribution in [-0.4, -0.2) is 30.4 Å². The molecule has 5 heteroatoms. The maximum absolute atomic E-state index is 11.2. The molecule has 0 saturated carbocycles. The molecule has 0 aliphatic rings. The third-order valence-electron chi connectivity index (χ3n) is 2.32. The van der Waals surface area contributed by atoms with E-state index in [1.54, 1.807) is 34.6 Å². The molecule has 0 aromatic rings. The lowest BCUT2D eigenvalue weighted by Gasteiger charge is -2.37. The van der Waals surface area contributed by atoms with E-state index in [0.29, 0.717) is 0 Å². The Hall–Kier alpha value is -0.130. The average molecular weight is 209 g/mol. The van der Waals surface area contributed by atoms with Crippen LogP contribution in [0.1, 0.15) is 34.6 Å². The highest BCUT2D eigenvalue weighted by Crippen LogP contribution is 2.21. The molecule has 0 bridgehead atoms. The van der Waals surface area contributed by atoms with Crippen LogP contribution in [-0.2, 0) is 10.0 Å². The highest BCUT2D eigenvalue weighted by Gasteiger charge is 2.37. The van der Waals surface area contributed by atoms with Gasteiger partial charge in [0, 0.05) is 0 Å². The Kier molecular flexibility index (Phi) is 3.52. The van der Waals surface area contributed by atoms with Gasteiger partial charge >= 0.3 is 0 Å². The van der Waals surface area contributed by atoms with Gasteiger partial charge in [0.25, 0.3) is 0 Å². The molecule has 13 heavy (non-hydrogen) atoms. The topological polar surface area (TPSA) is 66.4 Å². The molecule has 0 aromatic heterocycles. The van der Waals surface area contributed by atoms with Crippen molar-refractivity contribution in [3.8, 4) is 0 Å². The summed E-state index contributed by atoms with van der Waals surface area (Å²) in [6.07, 6.45) is 0. The molecule has 0 aliphatic heterocycles. The van der Waals surface area contributed by atoms with Crippen molar-refractivity contribution in [1.29, 1.82) is 0 Å². The van der Waals surface area contributed by atoms with Gasteiger partial charge in [-0.25, -0.2) is 13.1 Å². The van der Waals surface area contributed by atoms with Gasteiger partial charge in [0.1, 0.15) is 0 Å². The lowest BCUT2D eigenvalue weighted by Crippen LogP contribution is -2.57. The minimum Gasteiger partial charge on any atom is -0.389 e. The number of aliphatic hydroxyl groups is 1. The molecule has 80 valence electrons. The summed E-state index contributed by atoms with van der Waals surface area (Å²) in [6, 6.07) is 0. The maximum atomic E-state index is 11.2. The van der Waals surface area contributed by atoms with Crippen molar-refractivity contribution in [3.63, 3.8) is 0 Å². The standard InChI is InChI=1S/C8H19NO3S/c1-6-13(11,12)9-7(2,3)8(4,5)10/h9-10H,6H2,1-5H3. The maximum Gasteiger partial charge on any atom is 0.211 e. The van der Waals surface area contributed by atoms with Gasteiger partial charge in [-0.2, -0.15) is 0 Å². The summed E-state index contributed by atoms with van der Waals surface area (Å²) in [4.78, 5) is 0. The quantitative estimate of drug-likeness (QED) is 0.707. The van der Waals surface area contributed by atoms with Gasteiger partial charge in [-0.1, -0.05) is 0 Å². The second-order valence-electron chi connectivity index (χ2n) is 4.19. The van der Waals surface area contributed by atoms with Crippen LogP contribution in [0.15, 0.2) is 0 Å². The van der Waals surface area contributed by atoms with E-state index in [-0.39, 0.29) is 5.75 Å². The molecule has 0 rings (SSSR count). The lowest BCUT2D eigenvalue weighted by molar-refractivity contribution is 0.00641. The summed E-state index contributed by atoms with van der Waals surface area (Å²) in [7, 11) is -3.27. The predicted molar refractivity (Wildman–Crippen MR) is 53.0 cm³/mol. The summed E-state index contributed by atoms with van der Waals surface area (Å²) in [6.45, 7) is 8.01. The second-order valence-corrected chi connectivity index (χ2v) is 6.20. The fourth-order valence-corrected chi connectivity index (χ4v) is 1.76. The van der Waals surface area contributed by atoms with Gasteiger partial charge < -0.3 is 5.11 Å². The molecular weight excluding hydrogens is 190 g/mol. The SMILES string of the molecule is CCS(=O)(=O)NC(C)(C)C(C)(C)O. The van der Waals surface area contributed by atoms with Crippen molar-refractivity contribution in [2.24, 2.45) is 0 Å². The van der Waals surface area contributed by atoms with Gasteiger partial charge in [-0.3, -0.25) is 0 Å². The fourth-order valence-electron chi connectivity index (χ4n) is 0.586. The van der Waals surface area contributed by atoms with Crippen molar-refractivity contribution >= 4 is 10.0 Å². The first-order valence-electron chi connectivity index (χ1n) is 4.26. The molecule has 0 spiro atoms. The minimum absolute atomic E-state index is 0.0203. The third kappa shape index (κ3) is 3.62. The van der Waals surface area contributed by atoms with Crippen molar-refractivity contribution in [2.45, 2.75) is 45.8 Å². The summed E-state index contributed by atoms with van der Waals surface area (Å²) in [5.41, 5.74) is -1.95. The first-order valence-corrected chi connectivity index (χ1v) is 5.91. The van der Waals surface area contributed by atoms with Crippen LogP contribution in [0.5, 0.6) is 0 Å². The summed E-state index contributed by atoms with van der Waals surface area (Å²) in [5, 5.41) is 9.68. The zero-order chi connectivity index (χ0) is 10.9. The molecular formula is C8H19NO3S. The molecule has 0 aromatic carbocycles. The normalized spacial score (nSPS) is 14.6. The third-order valence-corrected chi connectivity index (χ3v) is 3.90. The van der Waals surface area contributed by atoms with E-state index in [1.165, 1.54) is 0 Å². The van der Waals surface area contributed by atoms with Crippen LogP contribution in [0.2, 0.25) is 0 Å². The van der Waals surface area contributed by atoms with E-state index >= 15 is 0 Å². The molecule has 0 unspecified atom stereocenters. The molecule has 2 N–H and O–H groups in total. The fraction of sp³-hybridized carbons (Fsp3) is 1.00. The minimum atomic E-state index is -3.27. The van der Waals surface area contributed by atoms with E-state index < -0.39 is 21.2 Å². The molecule has 0 heterocycles. The number of sulfonamides is 1. The molecule has 0 atom stereocenters. The van der Waals surface area contributed by atoms with E-state index in [2.05, 4.69) is 4.72 Å². The van der Waals surface area contributed by atoms with Crippen LogP contribution in [0.4, 0.5) is 0 Å². The van der Waals surface area contributed by atoms with Crippen LogP contribution >= 0.6 is 0 Å². The van der Waals surface area contributed by atoms with E-state index in [1.807, 2.05) is 0 Å². The first kappa shape index (κ1) is 12.9. The van der Waals surface area contributed by atoms with Gasteiger partial charge in [-0.15, -0.1) is 0 Å². The second kappa shape index (κ2) is 3.55. The lowest BCUT2D eigenvalue weighted by atomic mass is 9.87. The molecule has 0 fully saturated rings. The number of hydrogen-bond donors (Lipinski definition) is 2. The first-order chi connectivity index (χ1) is 5.52. The van der Waals surface area contributed by atoms with Crippen LogP contribution in [0.3, 0.4) is 0 Å². The molecule has 0 radical (unpaired) electrons. The molecule has 0 aliphatic carbocycles. The van der Waals surface area contributed by atoms with Gasteiger partial charge in [-0.05, 0) is 34.6 Å². The Labute approximate surface area is 80.4 Å². The Morgan fingerprint density at radius 3 is 1.85 bits per heavy atom. The summed E-state index contributed by atoms with van der Waals surface area (Å²) in [5.74, 6) is 0.0203. The predicted octanol–water partition coefficient (Wildman–Crippen LogP) is 0.475. The zero-order valence-corrected chi connectivity index (χ0v) is 9.70. The Morgan fingerprint density at radius 2 is 1.62 bits per heavy atom. The average Bonchev–Trinajstić information content (AvgIpc) is 1.83. The van der Waals surface area contributed by atoms with E-state index in [9.17, 15) is 13.5 Å². The molecule has 0 saturated heterocycles. The highest BCUT2D eigenvalue weighted by atomic mass is 32.2. The van der Waals surface area contributed by atoms with Gasteiger partial charge in [0.2, 0.25) is 10.0 Å². The van der Waals surface area contributed by atoms with Crippen molar-refractivity contribution in [1.82, 2.24) is 4.72 Å². The number of rotatable bonds is 4. The highest BCUT2D eigenvalue weighted by molar-refractivity contribution is 7.89. The molecule has 4 nitrogen and oxygen atoms in total. The van der Waals surface area contributed by atoms with Crippen LogP contribution < -0.4 is 4.72 Å². The smallest absolute Gasteiger partial charge is 0.211 e. The number of nitrogens with one attached hydrogen (secondary N) is 1. The monoisotopic (exact) mass is 209 g/mol. The van der Waals surface area contributed by atoms with Gasteiger partial charge in [0.05, 0.1) is 16.9 Å². The van der Waals surface area contributed by atoms with Crippen molar-refractivity contribution < 1.29 is 13.5 Å². The Balaban J connectivity index is 4.72. The van der Waals surface area contributed by atoms with Gasteiger partial charge in [0.15, 0.2) is 0 Å². The Morgan fingerprint density at radius 1 is 1.23 bits per heavy atom. The van der Waals surface area contributed by atoms with Crippen molar-refractivity contribution in [2.75, 3.05) is 5.75 Å². The largest absolute Gasteiger partial charge is 0.389 e. The number of hydrogen-bond acceptors (Lipinski definition) is 3. The van der Waals surface area contributed by atoms with E-state index in [4.69, 9.17) is 0 Å². The zero-order valence-electron chi connectivity index (χ0n) is 8.88. The van der Waals surface area contributed by atoms with Crippen molar-refractivity contribution in [3.05, 3.63) is 0 Å². The van der Waals surface area contributed by atoms with E-state index in [0.717, 1.165) is 0 Å². The Bertz CT molecular complexity index is 262.